The van der Waals surface area contributed by atoms with E-state index in [4.69, 9.17) is 17.3 Å². The van der Waals surface area contributed by atoms with Crippen molar-refractivity contribution in [1.29, 1.82) is 0 Å². The third-order valence-electron chi connectivity index (χ3n) is 3.53. The van der Waals surface area contributed by atoms with Gasteiger partial charge in [0.25, 0.3) is 0 Å². The van der Waals surface area contributed by atoms with E-state index in [-0.39, 0.29) is 27.7 Å². The van der Waals surface area contributed by atoms with Crippen molar-refractivity contribution >= 4 is 34.0 Å². The molecule has 0 amide bonds. The second kappa shape index (κ2) is 6.15. The van der Waals surface area contributed by atoms with Crippen LogP contribution in [0.5, 0.6) is 0 Å². The molecule has 2 N–H and O–H groups in total. The zero-order valence-electron chi connectivity index (χ0n) is 11.0. The zero-order chi connectivity index (χ0) is 14.3. The number of sulfonamides is 1. The molecule has 0 aliphatic carbocycles. The summed E-state index contributed by atoms with van der Waals surface area (Å²) in [5.41, 5.74) is 5.40. The van der Waals surface area contributed by atoms with Crippen LogP contribution < -0.4 is 5.73 Å². The Balaban J connectivity index is 0.00000200. The Morgan fingerprint density at radius 2 is 2.15 bits per heavy atom. The highest BCUT2D eigenvalue weighted by Crippen LogP contribution is 2.33. The summed E-state index contributed by atoms with van der Waals surface area (Å²) in [7, 11) is -3.85. The van der Waals surface area contributed by atoms with E-state index in [2.05, 4.69) is 0 Å². The number of benzene rings is 1. The lowest BCUT2D eigenvalue weighted by Crippen LogP contribution is -2.34. The lowest BCUT2D eigenvalue weighted by molar-refractivity contribution is 0.349. The maximum Gasteiger partial charge on any atom is 0.246 e. The smallest absolute Gasteiger partial charge is 0.246 e. The largest absolute Gasteiger partial charge is 0.330 e. The van der Waals surface area contributed by atoms with Gasteiger partial charge in [-0.1, -0.05) is 18.5 Å². The highest BCUT2D eigenvalue weighted by atomic mass is 35.5. The summed E-state index contributed by atoms with van der Waals surface area (Å²) >= 11 is 5.74. The molecule has 2 rings (SSSR count). The van der Waals surface area contributed by atoms with Crippen molar-refractivity contribution in [2.45, 2.75) is 18.2 Å². The van der Waals surface area contributed by atoms with E-state index in [1.54, 1.807) is 0 Å². The van der Waals surface area contributed by atoms with E-state index >= 15 is 0 Å². The van der Waals surface area contributed by atoms with Gasteiger partial charge in [-0.15, -0.1) is 12.4 Å². The summed E-state index contributed by atoms with van der Waals surface area (Å²) in [5, 5.41) is 0.195. The molecule has 1 atom stereocenters. The molecule has 114 valence electrons. The Bertz CT molecular complexity index is 597. The lowest BCUT2D eigenvalue weighted by atomic mass is 9.90. The number of hydrogen-bond acceptors (Lipinski definition) is 3. The molecule has 1 aromatic carbocycles. The Labute approximate surface area is 129 Å². The first-order valence-corrected chi connectivity index (χ1v) is 7.76. The van der Waals surface area contributed by atoms with Crippen molar-refractivity contribution < 1.29 is 12.8 Å². The predicted octanol–water partition coefficient (Wildman–Crippen LogP) is 2.26. The molecule has 0 aromatic heterocycles. The van der Waals surface area contributed by atoms with Crippen LogP contribution in [0.3, 0.4) is 0 Å². The summed E-state index contributed by atoms with van der Waals surface area (Å²) < 4.78 is 39.8. The van der Waals surface area contributed by atoms with Crippen molar-refractivity contribution in [2.75, 3.05) is 19.6 Å². The number of nitrogens with zero attached hydrogens (tertiary/aromatic N) is 1. The SMILES string of the molecule is CC1(CN)CCN(S(=O)(=O)c2cc(Cl)ccc2F)C1.Cl. The molecule has 1 saturated heterocycles. The van der Waals surface area contributed by atoms with Crippen molar-refractivity contribution in [2.24, 2.45) is 11.1 Å². The van der Waals surface area contributed by atoms with Gasteiger partial charge in [-0.3, -0.25) is 0 Å². The molecule has 4 nitrogen and oxygen atoms in total. The molecule has 20 heavy (non-hydrogen) atoms. The van der Waals surface area contributed by atoms with Crippen LogP contribution in [-0.4, -0.2) is 32.4 Å². The van der Waals surface area contributed by atoms with Gasteiger partial charge in [-0.25, -0.2) is 12.8 Å². The average Bonchev–Trinajstić information content (AvgIpc) is 2.76. The van der Waals surface area contributed by atoms with Crippen LogP contribution in [0.15, 0.2) is 23.1 Å². The third-order valence-corrected chi connectivity index (χ3v) is 5.62. The number of nitrogens with two attached hydrogens (primary N) is 1. The first-order valence-electron chi connectivity index (χ1n) is 5.94. The maximum atomic E-state index is 13.7. The standard InChI is InChI=1S/C12H16ClFN2O2S.ClH/c1-12(7-15)4-5-16(8-12)19(17,18)11-6-9(13)2-3-10(11)14;/h2-3,6H,4-5,7-8,15H2,1H3;1H. The molecular formula is C12H17Cl2FN2O2S. The fourth-order valence-corrected chi connectivity index (χ4v) is 4.08. The van der Waals surface area contributed by atoms with Crippen LogP contribution in [-0.2, 0) is 10.0 Å². The summed E-state index contributed by atoms with van der Waals surface area (Å²) in [6.45, 7) is 2.98. The van der Waals surface area contributed by atoms with Crippen molar-refractivity contribution in [3.63, 3.8) is 0 Å². The molecular weight excluding hydrogens is 326 g/mol. The van der Waals surface area contributed by atoms with E-state index in [1.165, 1.54) is 10.4 Å². The highest BCUT2D eigenvalue weighted by Gasteiger charge is 2.39. The summed E-state index contributed by atoms with van der Waals surface area (Å²) in [5.74, 6) is -0.786. The predicted molar refractivity (Wildman–Crippen MR) is 79.2 cm³/mol. The molecule has 1 heterocycles. The van der Waals surface area contributed by atoms with E-state index in [9.17, 15) is 12.8 Å². The van der Waals surface area contributed by atoms with Crippen LogP contribution in [0.2, 0.25) is 5.02 Å². The second-order valence-electron chi connectivity index (χ2n) is 5.18. The van der Waals surface area contributed by atoms with E-state index in [1.807, 2.05) is 6.92 Å². The topological polar surface area (TPSA) is 63.4 Å². The van der Waals surface area contributed by atoms with Crippen LogP contribution in [0.4, 0.5) is 4.39 Å². The molecule has 0 bridgehead atoms. The summed E-state index contributed by atoms with van der Waals surface area (Å²) in [4.78, 5) is -0.374. The molecule has 0 saturated carbocycles. The highest BCUT2D eigenvalue weighted by molar-refractivity contribution is 7.89. The quantitative estimate of drug-likeness (QED) is 0.916. The normalized spacial score (nSPS) is 23.6. The summed E-state index contributed by atoms with van der Waals surface area (Å²) in [6.07, 6.45) is 0.672. The van der Waals surface area contributed by atoms with Gasteiger partial charge in [0.2, 0.25) is 10.0 Å². The molecule has 8 heteroatoms. The minimum Gasteiger partial charge on any atom is -0.330 e. The molecule has 1 unspecified atom stereocenters. The lowest BCUT2D eigenvalue weighted by Gasteiger charge is -2.22. The maximum absolute atomic E-state index is 13.7. The average molecular weight is 343 g/mol. The number of rotatable bonds is 3. The van der Waals surface area contributed by atoms with Crippen LogP contribution in [0.1, 0.15) is 13.3 Å². The van der Waals surface area contributed by atoms with Crippen molar-refractivity contribution in [3.8, 4) is 0 Å². The first kappa shape index (κ1) is 17.7. The fraction of sp³-hybridized carbons (Fsp3) is 0.500. The van der Waals surface area contributed by atoms with Gasteiger partial charge in [0, 0.05) is 18.1 Å². The number of hydrogen-bond donors (Lipinski definition) is 1. The fourth-order valence-electron chi connectivity index (χ4n) is 2.16. The Kier molecular flexibility index (Phi) is 5.43. The van der Waals surface area contributed by atoms with Crippen LogP contribution in [0.25, 0.3) is 0 Å². The molecule has 1 aromatic rings. The minimum atomic E-state index is -3.85. The Morgan fingerprint density at radius 1 is 1.50 bits per heavy atom. The minimum absolute atomic E-state index is 0. The third kappa shape index (κ3) is 3.26. The van der Waals surface area contributed by atoms with Crippen molar-refractivity contribution in [1.82, 2.24) is 4.31 Å². The Morgan fingerprint density at radius 3 is 2.70 bits per heavy atom. The number of halogens is 3. The molecule has 0 spiro atoms. The van der Waals surface area contributed by atoms with Gasteiger partial charge in [-0.2, -0.15) is 4.31 Å². The van der Waals surface area contributed by atoms with E-state index < -0.39 is 15.8 Å². The van der Waals surface area contributed by atoms with E-state index in [0.29, 0.717) is 26.1 Å². The van der Waals surface area contributed by atoms with Crippen LogP contribution >= 0.6 is 24.0 Å². The molecule has 0 radical (unpaired) electrons. The molecule has 1 aliphatic heterocycles. The zero-order valence-corrected chi connectivity index (χ0v) is 13.4. The first-order chi connectivity index (χ1) is 8.78. The van der Waals surface area contributed by atoms with Gasteiger partial charge in [0.1, 0.15) is 10.7 Å². The van der Waals surface area contributed by atoms with Crippen LogP contribution in [0, 0.1) is 11.2 Å². The summed E-state index contributed by atoms with van der Waals surface area (Å²) in [6, 6.07) is 3.53. The molecule has 1 fully saturated rings. The second-order valence-corrected chi connectivity index (χ2v) is 7.52. The van der Waals surface area contributed by atoms with E-state index in [0.717, 1.165) is 12.1 Å². The van der Waals surface area contributed by atoms with Gasteiger partial charge in [0.15, 0.2) is 0 Å². The molecule has 1 aliphatic rings. The van der Waals surface area contributed by atoms with Gasteiger partial charge in [-0.05, 0) is 36.6 Å². The monoisotopic (exact) mass is 342 g/mol. The van der Waals surface area contributed by atoms with Gasteiger partial charge < -0.3 is 5.73 Å². The van der Waals surface area contributed by atoms with Gasteiger partial charge >= 0.3 is 0 Å². The van der Waals surface area contributed by atoms with Gasteiger partial charge in [0.05, 0.1) is 0 Å². The Hall–Kier alpha value is -0.400. The van der Waals surface area contributed by atoms with Crippen molar-refractivity contribution in [3.05, 3.63) is 29.0 Å².